The number of amides is 1. The summed E-state index contributed by atoms with van der Waals surface area (Å²) < 4.78 is 13.5. The van der Waals surface area contributed by atoms with E-state index in [1.54, 1.807) is 42.5 Å². The van der Waals surface area contributed by atoms with Gasteiger partial charge in [-0.25, -0.2) is 9.49 Å². The highest BCUT2D eigenvalue weighted by atomic mass is 19.1. The number of nitrogens with zero attached hydrogens (tertiary/aromatic N) is 1. The van der Waals surface area contributed by atoms with Gasteiger partial charge in [0.1, 0.15) is 5.82 Å². The van der Waals surface area contributed by atoms with Crippen LogP contribution in [-0.4, -0.2) is 16.1 Å². The molecule has 5 nitrogen and oxygen atoms in total. The minimum Gasteiger partial charge on any atom is -0.352 e. The van der Waals surface area contributed by atoms with Gasteiger partial charge in [-0.05, 0) is 12.1 Å². The molecule has 2 aromatic carbocycles. The first-order valence-corrected chi connectivity index (χ1v) is 7.11. The Labute approximate surface area is 131 Å². The minimum atomic E-state index is -0.361. The van der Waals surface area contributed by atoms with Gasteiger partial charge in [0, 0.05) is 17.5 Å². The molecule has 1 amide bonds. The molecule has 1 heterocycles. The molecule has 0 saturated heterocycles. The number of benzene rings is 2. The molecule has 2 N–H and O–H groups in total. The topological polar surface area (TPSA) is 74.8 Å². The van der Waals surface area contributed by atoms with Gasteiger partial charge in [-0.3, -0.25) is 9.59 Å². The van der Waals surface area contributed by atoms with Crippen molar-refractivity contribution in [2.75, 3.05) is 0 Å². The van der Waals surface area contributed by atoms with Crippen molar-refractivity contribution in [2.45, 2.75) is 13.0 Å². The first kappa shape index (κ1) is 14.9. The summed E-state index contributed by atoms with van der Waals surface area (Å²) in [5.41, 5.74) is 0.600. The summed E-state index contributed by atoms with van der Waals surface area (Å²) in [7, 11) is 0. The monoisotopic (exact) mass is 311 g/mol. The van der Waals surface area contributed by atoms with Crippen LogP contribution in [0.4, 0.5) is 4.39 Å². The molecule has 0 fully saturated rings. The maximum Gasteiger partial charge on any atom is 0.272 e. The third kappa shape index (κ3) is 3.26. The molecule has 116 valence electrons. The number of aromatic amines is 1. The Bertz CT molecular complexity index is 921. The Morgan fingerprint density at radius 2 is 1.78 bits per heavy atom. The van der Waals surface area contributed by atoms with Crippen molar-refractivity contribution in [3.63, 3.8) is 0 Å². The Kier molecular flexibility index (Phi) is 4.14. The zero-order chi connectivity index (χ0) is 16.2. The average Bonchev–Trinajstić information content (AvgIpc) is 2.57. The van der Waals surface area contributed by atoms with Crippen LogP contribution >= 0.6 is 0 Å². The highest BCUT2D eigenvalue weighted by Gasteiger charge is 2.11. The smallest absolute Gasteiger partial charge is 0.272 e. The van der Waals surface area contributed by atoms with Crippen LogP contribution in [0.3, 0.4) is 0 Å². The van der Waals surface area contributed by atoms with E-state index < -0.39 is 0 Å². The van der Waals surface area contributed by atoms with Gasteiger partial charge in [0.2, 0.25) is 5.91 Å². The molecule has 0 unspecified atom stereocenters. The van der Waals surface area contributed by atoms with Crippen LogP contribution in [-0.2, 0) is 17.8 Å². The molecular weight excluding hydrogens is 297 g/mol. The normalized spacial score (nSPS) is 10.7. The molecule has 0 spiro atoms. The number of carbonyl (C=O) groups is 1. The van der Waals surface area contributed by atoms with Crippen LogP contribution in [0.25, 0.3) is 10.8 Å². The van der Waals surface area contributed by atoms with E-state index in [1.807, 2.05) is 0 Å². The lowest BCUT2D eigenvalue weighted by Crippen LogP contribution is -2.26. The maximum absolute atomic E-state index is 13.5. The van der Waals surface area contributed by atoms with E-state index >= 15 is 0 Å². The van der Waals surface area contributed by atoms with Crippen molar-refractivity contribution < 1.29 is 9.18 Å². The zero-order valence-electron chi connectivity index (χ0n) is 12.2. The number of rotatable bonds is 4. The third-order valence-electron chi connectivity index (χ3n) is 3.54. The molecule has 1 aromatic heterocycles. The van der Waals surface area contributed by atoms with Crippen molar-refractivity contribution in [2.24, 2.45) is 0 Å². The second-order valence-corrected chi connectivity index (χ2v) is 5.09. The number of H-pyrrole nitrogens is 1. The van der Waals surface area contributed by atoms with Crippen molar-refractivity contribution in [3.8, 4) is 0 Å². The van der Waals surface area contributed by atoms with E-state index in [-0.39, 0.29) is 30.2 Å². The van der Waals surface area contributed by atoms with Crippen LogP contribution in [0.5, 0.6) is 0 Å². The van der Waals surface area contributed by atoms with Crippen molar-refractivity contribution in [1.29, 1.82) is 0 Å². The number of hydrogen-bond acceptors (Lipinski definition) is 3. The molecule has 0 bridgehead atoms. The summed E-state index contributed by atoms with van der Waals surface area (Å²) in [4.78, 5) is 23.8. The highest BCUT2D eigenvalue weighted by Crippen LogP contribution is 2.13. The van der Waals surface area contributed by atoms with E-state index in [0.29, 0.717) is 22.0 Å². The van der Waals surface area contributed by atoms with Crippen LogP contribution in [0.2, 0.25) is 0 Å². The molecule has 0 atom stereocenters. The summed E-state index contributed by atoms with van der Waals surface area (Å²) >= 11 is 0. The molecule has 6 heteroatoms. The molecule has 0 aliphatic carbocycles. The molecule has 0 aliphatic heterocycles. The number of hydrogen-bond donors (Lipinski definition) is 2. The fourth-order valence-electron chi connectivity index (χ4n) is 2.36. The van der Waals surface area contributed by atoms with E-state index in [2.05, 4.69) is 15.5 Å². The van der Waals surface area contributed by atoms with Crippen LogP contribution in [0.15, 0.2) is 53.3 Å². The lowest BCUT2D eigenvalue weighted by atomic mass is 10.1. The summed E-state index contributed by atoms with van der Waals surface area (Å²) in [6.07, 6.45) is 0.00570. The number of nitrogens with one attached hydrogen (secondary N) is 2. The quantitative estimate of drug-likeness (QED) is 0.773. The van der Waals surface area contributed by atoms with Crippen molar-refractivity contribution in [1.82, 2.24) is 15.5 Å². The van der Waals surface area contributed by atoms with Crippen LogP contribution in [0, 0.1) is 5.82 Å². The van der Waals surface area contributed by atoms with E-state index in [1.165, 1.54) is 6.07 Å². The van der Waals surface area contributed by atoms with Crippen molar-refractivity contribution >= 4 is 16.7 Å². The second kappa shape index (κ2) is 6.39. The van der Waals surface area contributed by atoms with E-state index in [4.69, 9.17) is 0 Å². The number of carbonyl (C=O) groups excluding carboxylic acids is 1. The van der Waals surface area contributed by atoms with E-state index in [0.717, 1.165) is 0 Å². The zero-order valence-corrected chi connectivity index (χ0v) is 12.2. The van der Waals surface area contributed by atoms with Gasteiger partial charge >= 0.3 is 0 Å². The van der Waals surface area contributed by atoms with Gasteiger partial charge in [0.25, 0.3) is 5.56 Å². The Morgan fingerprint density at radius 1 is 1.09 bits per heavy atom. The van der Waals surface area contributed by atoms with Gasteiger partial charge in [-0.2, -0.15) is 5.10 Å². The molecule has 23 heavy (non-hydrogen) atoms. The van der Waals surface area contributed by atoms with Crippen molar-refractivity contribution in [3.05, 3.63) is 76.0 Å². The summed E-state index contributed by atoms with van der Waals surface area (Å²) in [5, 5.41) is 10.1. The Morgan fingerprint density at radius 3 is 2.57 bits per heavy atom. The number of fused-ring (bicyclic) bond motifs is 1. The predicted octanol–water partition coefficient (Wildman–Crippen LogP) is 1.92. The third-order valence-corrected chi connectivity index (χ3v) is 3.54. The molecule has 3 aromatic rings. The predicted molar refractivity (Wildman–Crippen MR) is 84.3 cm³/mol. The van der Waals surface area contributed by atoms with Gasteiger partial charge < -0.3 is 5.32 Å². The fourth-order valence-corrected chi connectivity index (χ4v) is 2.36. The molecule has 0 aliphatic rings. The first-order valence-electron chi connectivity index (χ1n) is 7.11. The van der Waals surface area contributed by atoms with Gasteiger partial charge in [0.15, 0.2) is 0 Å². The van der Waals surface area contributed by atoms with Gasteiger partial charge in [-0.15, -0.1) is 0 Å². The average molecular weight is 311 g/mol. The summed E-state index contributed by atoms with van der Waals surface area (Å²) in [5.74, 6) is -0.654. The highest BCUT2D eigenvalue weighted by molar-refractivity contribution is 5.88. The SMILES string of the molecule is O=C(Cc1n[nH]c(=O)c2ccccc12)NCc1ccccc1F. The van der Waals surface area contributed by atoms with Crippen LogP contribution in [0.1, 0.15) is 11.3 Å². The minimum absolute atomic E-state index is 0.00570. The molecular formula is C17H14FN3O2. The second-order valence-electron chi connectivity index (χ2n) is 5.09. The Hall–Kier alpha value is -3.02. The lowest BCUT2D eigenvalue weighted by molar-refractivity contribution is -0.120. The first-order chi connectivity index (χ1) is 11.1. The Balaban J connectivity index is 1.75. The number of halogens is 1. The van der Waals surface area contributed by atoms with Crippen LogP contribution < -0.4 is 10.9 Å². The largest absolute Gasteiger partial charge is 0.352 e. The lowest BCUT2D eigenvalue weighted by Gasteiger charge is -2.07. The molecule has 3 rings (SSSR count). The summed E-state index contributed by atoms with van der Waals surface area (Å²) in [6.45, 7) is 0.104. The van der Waals surface area contributed by atoms with Gasteiger partial charge in [-0.1, -0.05) is 36.4 Å². The van der Waals surface area contributed by atoms with Gasteiger partial charge in [0.05, 0.1) is 17.5 Å². The van der Waals surface area contributed by atoms with E-state index in [9.17, 15) is 14.0 Å². The maximum atomic E-state index is 13.5. The summed E-state index contributed by atoms with van der Waals surface area (Å²) in [6, 6.07) is 13.2. The fraction of sp³-hybridized carbons (Fsp3) is 0.118. The number of aromatic nitrogens is 2. The molecule has 0 radical (unpaired) electrons. The molecule has 0 saturated carbocycles. The standard InChI is InChI=1S/C17H14FN3O2/c18-14-8-4-1-5-11(14)10-19-16(22)9-15-12-6-2-3-7-13(12)17(23)21-20-15/h1-8H,9-10H2,(H,19,22)(H,21,23).